The van der Waals surface area contributed by atoms with Gasteiger partial charge in [0.25, 0.3) is 0 Å². The Morgan fingerprint density at radius 3 is 3.13 bits per heavy atom. The van der Waals surface area contributed by atoms with Gasteiger partial charge in [0.15, 0.2) is 0 Å². The van der Waals surface area contributed by atoms with Crippen LogP contribution in [0.25, 0.3) is 0 Å². The topological polar surface area (TPSA) is 12.0 Å². The van der Waals surface area contributed by atoms with E-state index >= 15 is 0 Å². The van der Waals surface area contributed by atoms with Gasteiger partial charge in [0.2, 0.25) is 0 Å². The third kappa shape index (κ3) is 3.20. The Morgan fingerprint density at radius 1 is 1.47 bits per heavy atom. The van der Waals surface area contributed by atoms with Gasteiger partial charge in [-0.05, 0) is 36.6 Å². The van der Waals surface area contributed by atoms with E-state index in [9.17, 15) is 0 Å². The molecule has 1 saturated carbocycles. The van der Waals surface area contributed by atoms with Crippen LogP contribution in [0.3, 0.4) is 0 Å². The molecule has 1 aliphatic rings. The molecule has 0 aliphatic heterocycles. The Hall–Kier alpha value is -0.0500. The SMILES string of the molecule is ClCC1CCCC1NCCc1cccs1. The van der Waals surface area contributed by atoms with Crippen LogP contribution in [0.15, 0.2) is 17.5 Å². The van der Waals surface area contributed by atoms with E-state index in [2.05, 4.69) is 22.8 Å². The van der Waals surface area contributed by atoms with Crippen LogP contribution in [-0.4, -0.2) is 18.5 Å². The quantitative estimate of drug-likeness (QED) is 0.783. The van der Waals surface area contributed by atoms with E-state index in [-0.39, 0.29) is 0 Å². The average Bonchev–Trinajstić information content (AvgIpc) is 2.88. The van der Waals surface area contributed by atoms with Crippen LogP contribution in [0.1, 0.15) is 24.1 Å². The van der Waals surface area contributed by atoms with Crippen LogP contribution in [0, 0.1) is 5.92 Å². The summed E-state index contributed by atoms with van der Waals surface area (Å²) in [6.07, 6.45) is 5.11. The molecule has 1 aromatic heterocycles. The van der Waals surface area contributed by atoms with Gasteiger partial charge in [0.1, 0.15) is 0 Å². The second kappa shape index (κ2) is 5.88. The molecule has 1 N–H and O–H groups in total. The number of hydrogen-bond donors (Lipinski definition) is 1. The molecule has 1 aromatic rings. The lowest BCUT2D eigenvalue weighted by molar-refractivity contribution is 0.434. The fourth-order valence-corrected chi connectivity index (χ4v) is 3.40. The summed E-state index contributed by atoms with van der Waals surface area (Å²) in [5, 5.41) is 5.79. The van der Waals surface area contributed by atoms with Gasteiger partial charge in [-0.1, -0.05) is 12.5 Å². The summed E-state index contributed by atoms with van der Waals surface area (Å²) in [4.78, 5) is 1.47. The normalized spacial score (nSPS) is 25.9. The zero-order chi connectivity index (χ0) is 10.5. The highest BCUT2D eigenvalue weighted by Crippen LogP contribution is 2.26. The van der Waals surface area contributed by atoms with Crippen molar-refractivity contribution in [3.63, 3.8) is 0 Å². The Morgan fingerprint density at radius 2 is 2.40 bits per heavy atom. The summed E-state index contributed by atoms with van der Waals surface area (Å²) in [5.74, 6) is 1.52. The standard InChI is InChI=1S/C12H18ClNS/c13-9-10-3-1-5-12(10)14-7-6-11-4-2-8-15-11/h2,4,8,10,12,14H,1,3,5-7,9H2. The molecule has 2 unspecified atom stereocenters. The largest absolute Gasteiger partial charge is 0.313 e. The van der Waals surface area contributed by atoms with E-state index in [1.165, 1.54) is 24.1 Å². The van der Waals surface area contributed by atoms with Crippen molar-refractivity contribution in [2.75, 3.05) is 12.4 Å². The second-order valence-corrected chi connectivity index (χ2v) is 5.58. The molecule has 1 aliphatic carbocycles. The highest BCUT2D eigenvalue weighted by Gasteiger charge is 2.25. The molecular formula is C12H18ClNS. The van der Waals surface area contributed by atoms with Crippen molar-refractivity contribution in [2.24, 2.45) is 5.92 Å². The molecule has 0 saturated heterocycles. The van der Waals surface area contributed by atoms with E-state index in [0.717, 1.165) is 18.8 Å². The Bertz CT molecular complexity index is 273. The van der Waals surface area contributed by atoms with Crippen molar-refractivity contribution in [3.8, 4) is 0 Å². The van der Waals surface area contributed by atoms with Gasteiger partial charge in [-0.25, -0.2) is 0 Å². The van der Waals surface area contributed by atoms with Crippen molar-refractivity contribution < 1.29 is 0 Å². The molecule has 1 fully saturated rings. The van der Waals surface area contributed by atoms with Crippen LogP contribution < -0.4 is 5.32 Å². The maximum absolute atomic E-state index is 5.94. The van der Waals surface area contributed by atoms with Crippen molar-refractivity contribution in [2.45, 2.75) is 31.7 Å². The van der Waals surface area contributed by atoms with Gasteiger partial charge in [-0.2, -0.15) is 0 Å². The molecule has 0 radical (unpaired) electrons. The number of rotatable bonds is 5. The Labute approximate surface area is 101 Å². The zero-order valence-corrected chi connectivity index (χ0v) is 10.5. The van der Waals surface area contributed by atoms with E-state index in [0.29, 0.717) is 12.0 Å². The molecule has 1 heterocycles. The number of nitrogens with one attached hydrogen (secondary N) is 1. The minimum atomic E-state index is 0.669. The van der Waals surface area contributed by atoms with Crippen LogP contribution in [0.4, 0.5) is 0 Å². The number of thiophene rings is 1. The van der Waals surface area contributed by atoms with Gasteiger partial charge in [-0.3, -0.25) is 0 Å². The van der Waals surface area contributed by atoms with Crippen LogP contribution in [0.5, 0.6) is 0 Å². The van der Waals surface area contributed by atoms with Crippen molar-refractivity contribution in [3.05, 3.63) is 22.4 Å². The molecule has 1 nitrogen and oxygen atoms in total. The number of alkyl halides is 1. The summed E-state index contributed by atoms with van der Waals surface area (Å²) >= 11 is 7.79. The second-order valence-electron chi connectivity index (χ2n) is 4.24. The van der Waals surface area contributed by atoms with Crippen molar-refractivity contribution in [1.82, 2.24) is 5.32 Å². The average molecular weight is 244 g/mol. The summed E-state index contributed by atoms with van der Waals surface area (Å²) < 4.78 is 0. The molecule has 3 heteroatoms. The summed E-state index contributed by atoms with van der Waals surface area (Å²) in [6, 6.07) is 5.00. The van der Waals surface area contributed by atoms with E-state index in [1.54, 1.807) is 0 Å². The molecule has 2 rings (SSSR count). The van der Waals surface area contributed by atoms with Crippen LogP contribution in [-0.2, 0) is 6.42 Å². The third-order valence-electron chi connectivity index (χ3n) is 3.22. The fourth-order valence-electron chi connectivity index (χ4n) is 2.33. The third-order valence-corrected chi connectivity index (χ3v) is 4.55. The predicted molar refractivity (Wildman–Crippen MR) is 67.9 cm³/mol. The fraction of sp³-hybridized carbons (Fsp3) is 0.667. The minimum absolute atomic E-state index is 0.669. The summed E-state index contributed by atoms with van der Waals surface area (Å²) in [6.45, 7) is 1.10. The first-order valence-electron chi connectivity index (χ1n) is 5.72. The predicted octanol–water partition coefficient (Wildman–Crippen LogP) is 3.29. The molecule has 2 atom stereocenters. The highest BCUT2D eigenvalue weighted by atomic mass is 35.5. The summed E-state index contributed by atoms with van der Waals surface area (Å²) in [5.41, 5.74) is 0. The maximum atomic E-state index is 5.94. The summed E-state index contributed by atoms with van der Waals surface area (Å²) in [7, 11) is 0. The van der Waals surface area contributed by atoms with Gasteiger partial charge in [0, 0.05) is 23.3 Å². The first kappa shape index (κ1) is 11.4. The molecule has 15 heavy (non-hydrogen) atoms. The maximum Gasteiger partial charge on any atom is 0.0266 e. The number of hydrogen-bond acceptors (Lipinski definition) is 2. The molecule has 0 aromatic carbocycles. The number of halogens is 1. The Kier molecular flexibility index (Phi) is 4.48. The Balaban J connectivity index is 1.69. The lowest BCUT2D eigenvalue weighted by Gasteiger charge is -2.18. The lowest BCUT2D eigenvalue weighted by atomic mass is 10.1. The molecule has 0 spiro atoms. The zero-order valence-electron chi connectivity index (χ0n) is 8.92. The van der Waals surface area contributed by atoms with Gasteiger partial charge >= 0.3 is 0 Å². The van der Waals surface area contributed by atoms with E-state index in [1.807, 2.05) is 11.3 Å². The van der Waals surface area contributed by atoms with Crippen LogP contribution in [0.2, 0.25) is 0 Å². The smallest absolute Gasteiger partial charge is 0.0266 e. The first-order chi connectivity index (χ1) is 7.40. The van der Waals surface area contributed by atoms with E-state index < -0.39 is 0 Å². The van der Waals surface area contributed by atoms with Crippen molar-refractivity contribution in [1.29, 1.82) is 0 Å². The van der Waals surface area contributed by atoms with Gasteiger partial charge < -0.3 is 5.32 Å². The van der Waals surface area contributed by atoms with Gasteiger partial charge in [-0.15, -0.1) is 22.9 Å². The van der Waals surface area contributed by atoms with E-state index in [4.69, 9.17) is 11.6 Å². The minimum Gasteiger partial charge on any atom is -0.313 e. The first-order valence-corrected chi connectivity index (χ1v) is 7.13. The van der Waals surface area contributed by atoms with Gasteiger partial charge in [0.05, 0.1) is 0 Å². The molecular weight excluding hydrogens is 226 g/mol. The lowest BCUT2D eigenvalue weighted by Crippen LogP contribution is -2.34. The molecule has 0 bridgehead atoms. The molecule has 84 valence electrons. The highest BCUT2D eigenvalue weighted by molar-refractivity contribution is 7.09. The van der Waals surface area contributed by atoms with Crippen molar-refractivity contribution >= 4 is 22.9 Å². The monoisotopic (exact) mass is 243 g/mol. The van der Waals surface area contributed by atoms with Crippen LogP contribution >= 0.6 is 22.9 Å². The molecule has 0 amide bonds.